The highest BCUT2D eigenvalue weighted by molar-refractivity contribution is 8.00. The molecule has 2 atom stereocenters. The van der Waals surface area contributed by atoms with Crippen LogP contribution in [0.1, 0.15) is 39.0 Å². The van der Waals surface area contributed by atoms with E-state index < -0.39 is 12.0 Å². The molecule has 19 heavy (non-hydrogen) atoms. The van der Waals surface area contributed by atoms with Crippen LogP contribution in [-0.2, 0) is 14.3 Å². The lowest BCUT2D eigenvalue weighted by atomic mass is 9.77. The van der Waals surface area contributed by atoms with Crippen LogP contribution >= 0.6 is 11.8 Å². The van der Waals surface area contributed by atoms with Gasteiger partial charge in [0.1, 0.15) is 6.04 Å². The number of thioether (sulfide) groups is 1. The van der Waals surface area contributed by atoms with Gasteiger partial charge in [-0.15, -0.1) is 11.8 Å². The molecule has 0 aromatic heterocycles. The van der Waals surface area contributed by atoms with Crippen molar-refractivity contribution in [3.05, 3.63) is 0 Å². The van der Waals surface area contributed by atoms with Gasteiger partial charge in [-0.2, -0.15) is 0 Å². The van der Waals surface area contributed by atoms with Gasteiger partial charge in [0, 0.05) is 12.9 Å². The van der Waals surface area contributed by atoms with Gasteiger partial charge < -0.3 is 14.7 Å². The zero-order valence-electron chi connectivity index (χ0n) is 11.4. The Labute approximate surface area is 117 Å². The van der Waals surface area contributed by atoms with Crippen molar-refractivity contribution in [3.8, 4) is 0 Å². The molecular weight excluding hydrogens is 266 g/mol. The minimum atomic E-state index is -0.906. The molecule has 1 aliphatic carbocycles. The van der Waals surface area contributed by atoms with Crippen LogP contribution < -0.4 is 0 Å². The van der Waals surface area contributed by atoms with Crippen molar-refractivity contribution in [3.63, 3.8) is 0 Å². The summed E-state index contributed by atoms with van der Waals surface area (Å²) < 4.78 is 5.47. The van der Waals surface area contributed by atoms with Crippen LogP contribution in [0.3, 0.4) is 0 Å². The molecule has 0 aromatic carbocycles. The van der Waals surface area contributed by atoms with E-state index in [1.807, 2.05) is 6.92 Å². The first kappa shape index (κ1) is 14.7. The van der Waals surface area contributed by atoms with E-state index in [1.165, 1.54) is 0 Å². The smallest absolute Gasteiger partial charge is 0.327 e. The van der Waals surface area contributed by atoms with Gasteiger partial charge in [0.2, 0.25) is 5.91 Å². The van der Waals surface area contributed by atoms with Crippen LogP contribution in [0.4, 0.5) is 0 Å². The maximum absolute atomic E-state index is 12.5. The second-order valence-corrected chi connectivity index (χ2v) is 6.48. The fraction of sp³-hybridized carbons (Fsp3) is 0.846. The summed E-state index contributed by atoms with van der Waals surface area (Å²) >= 11 is 1.56. The fourth-order valence-corrected chi connectivity index (χ4v) is 4.16. The second-order valence-electron chi connectivity index (χ2n) is 5.27. The van der Waals surface area contributed by atoms with Crippen LogP contribution in [0.5, 0.6) is 0 Å². The molecule has 2 aliphatic rings. The lowest BCUT2D eigenvalue weighted by Crippen LogP contribution is -2.50. The van der Waals surface area contributed by atoms with E-state index in [0.717, 1.165) is 25.7 Å². The van der Waals surface area contributed by atoms with E-state index in [-0.39, 0.29) is 16.9 Å². The quantitative estimate of drug-likeness (QED) is 0.834. The molecule has 0 bridgehead atoms. The average molecular weight is 287 g/mol. The van der Waals surface area contributed by atoms with E-state index in [2.05, 4.69) is 0 Å². The van der Waals surface area contributed by atoms with Gasteiger partial charge in [0.25, 0.3) is 0 Å². The number of nitrogens with zero attached hydrogens (tertiary/aromatic N) is 1. The number of hydrogen-bond acceptors (Lipinski definition) is 4. The standard InChI is InChI=1S/C13H21NO4S/c1-3-11-14(9(8-19-11)12(16)17)10(15)7-13(18-2)5-4-6-13/h9,11H,3-8H2,1-2H3,(H,16,17). The van der Waals surface area contributed by atoms with Crippen LogP contribution in [0.15, 0.2) is 0 Å². The molecule has 0 aromatic rings. The summed E-state index contributed by atoms with van der Waals surface area (Å²) in [5.74, 6) is -0.498. The normalized spacial score (nSPS) is 29.1. The van der Waals surface area contributed by atoms with Gasteiger partial charge in [0.15, 0.2) is 0 Å². The molecule has 1 aliphatic heterocycles. The first-order chi connectivity index (χ1) is 9.03. The van der Waals surface area contributed by atoms with E-state index in [9.17, 15) is 14.7 Å². The zero-order valence-corrected chi connectivity index (χ0v) is 12.2. The molecule has 1 amide bonds. The summed E-state index contributed by atoms with van der Waals surface area (Å²) in [4.78, 5) is 25.3. The van der Waals surface area contributed by atoms with Gasteiger partial charge in [0.05, 0.1) is 17.4 Å². The van der Waals surface area contributed by atoms with Crippen LogP contribution in [0.25, 0.3) is 0 Å². The number of carbonyl (C=O) groups excluding carboxylic acids is 1. The van der Waals surface area contributed by atoms with Crippen molar-refractivity contribution in [2.45, 2.75) is 56.0 Å². The Balaban J connectivity index is 2.08. The Hall–Kier alpha value is -0.750. The van der Waals surface area contributed by atoms with E-state index in [0.29, 0.717) is 12.2 Å². The maximum atomic E-state index is 12.5. The fourth-order valence-electron chi connectivity index (χ4n) is 2.79. The predicted octanol–water partition coefficient (Wildman–Crippen LogP) is 1.71. The van der Waals surface area contributed by atoms with Gasteiger partial charge >= 0.3 is 5.97 Å². The molecule has 2 unspecified atom stereocenters. The van der Waals surface area contributed by atoms with Crippen molar-refractivity contribution < 1.29 is 19.4 Å². The SMILES string of the molecule is CCC1SCC(C(=O)O)N1C(=O)CC1(OC)CCC1. The lowest BCUT2D eigenvalue weighted by Gasteiger charge is -2.41. The van der Waals surface area contributed by atoms with Crippen molar-refractivity contribution in [1.29, 1.82) is 0 Å². The van der Waals surface area contributed by atoms with E-state index in [4.69, 9.17) is 4.74 Å². The highest BCUT2D eigenvalue weighted by Gasteiger charge is 2.45. The molecule has 0 radical (unpaired) electrons. The van der Waals surface area contributed by atoms with Crippen molar-refractivity contribution in [2.75, 3.05) is 12.9 Å². The van der Waals surface area contributed by atoms with Crippen LogP contribution in [0, 0.1) is 0 Å². The number of aliphatic carboxylic acids is 1. The van der Waals surface area contributed by atoms with Crippen molar-refractivity contribution in [2.24, 2.45) is 0 Å². The largest absolute Gasteiger partial charge is 0.480 e. The number of carboxylic acids is 1. The van der Waals surface area contributed by atoms with Gasteiger partial charge in [-0.05, 0) is 25.7 Å². The van der Waals surface area contributed by atoms with E-state index in [1.54, 1.807) is 23.8 Å². The average Bonchev–Trinajstić information content (AvgIpc) is 2.77. The lowest BCUT2D eigenvalue weighted by molar-refractivity contribution is -0.155. The molecule has 2 fully saturated rings. The van der Waals surface area contributed by atoms with Crippen molar-refractivity contribution >= 4 is 23.6 Å². The number of ether oxygens (including phenoxy) is 1. The van der Waals surface area contributed by atoms with E-state index >= 15 is 0 Å². The third-order valence-electron chi connectivity index (χ3n) is 4.19. The molecule has 6 heteroatoms. The Kier molecular flexibility index (Phi) is 4.40. The highest BCUT2D eigenvalue weighted by atomic mass is 32.2. The molecular formula is C13H21NO4S. The Morgan fingerprint density at radius 3 is 2.58 bits per heavy atom. The summed E-state index contributed by atoms with van der Waals surface area (Å²) in [5, 5.41) is 9.22. The second kappa shape index (κ2) is 5.71. The number of methoxy groups -OCH3 is 1. The number of carbonyl (C=O) groups is 2. The summed E-state index contributed by atoms with van der Waals surface area (Å²) in [6.07, 6.45) is 3.95. The van der Waals surface area contributed by atoms with Crippen LogP contribution in [-0.4, -0.2) is 51.8 Å². The maximum Gasteiger partial charge on any atom is 0.327 e. The minimum absolute atomic E-state index is 0.0115. The number of rotatable bonds is 5. The monoisotopic (exact) mass is 287 g/mol. The molecule has 2 rings (SSSR count). The molecule has 108 valence electrons. The molecule has 1 saturated heterocycles. The van der Waals surface area contributed by atoms with Gasteiger partial charge in [-0.25, -0.2) is 4.79 Å². The predicted molar refractivity (Wildman–Crippen MR) is 73.0 cm³/mol. The molecule has 1 heterocycles. The summed E-state index contributed by atoms with van der Waals surface area (Å²) in [6, 6.07) is -0.684. The highest BCUT2D eigenvalue weighted by Crippen LogP contribution is 2.40. The minimum Gasteiger partial charge on any atom is -0.480 e. The topological polar surface area (TPSA) is 66.8 Å². The Morgan fingerprint density at radius 2 is 2.16 bits per heavy atom. The number of amides is 1. The Bertz CT molecular complexity index is 364. The number of carboxylic acid groups (broad SMARTS) is 1. The third kappa shape index (κ3) is 2.74. The summed E-state index contributed by atoms with van der Waals surface area (Å²) in [6.45, 7) is 1.98. The molecule has 1 N–H and O–H groups in total. The van der Waals surface area contributed by atoms with Crippen molar-refractivity contribution in [1.82, 2.24) is 4.90 Å². The zero-order chi connectivity index (χ0) is 14.0. The first-order valence-electron chi connectivity index (χ1n) is 6.74. The number of hydrogen-bond donors (Lipinski definition) is 1. The first-order valence-corrected chi connectivity index (χ1v) is 7.78. The Morgan fingerprint density at radius 1 is 1.47 bits per heavy atom. The molecule has 0 spiro atoms. The van der Waals surface area contributed by atoms with Crippen LogP contribution in [0.2, 0.25) is 0 Å². The van der Waals surface area contributed by atoms with Gasteiger partial charge in [-0.1, -0.05) is 6.92 Å². The molecule has 1 saturated carbocycles. The summed E-state index contributed by atoms with van der Waals surface area (Å²) in [7, 11) is 1.64. The summed E-state index contributed by atoms with van der Waals surface area (Å²) in [5.41, 5.74) is -0.342. The molecule has 5 nitrogen and oxygen atoms in total. The third-order valence-corrected chi connectivity index (χ3v) is 5.64. The van der Waals surface area contributed by atoms with Gasteiger partial charge in [-0.3, -0.25) is 4.79 Å².